The van der Waals surface area contributed by atoms with Gasteiger partial charge in [-0.3, -0.25) is 4.79 Å². The lowest BCUT2D eigenvalue weighted by molar-refractivity contribution is -0.178. The lowest BCUT2D eigenvalue weighted by atomic mass is 10.1. The van der Waals surface area contributed by atoms with Crippen LogP contribution in [0.4, 0.5) is 0 Å². The van der Waals surface area contributed by atoms with E-state index >= 15 is 0 Å². The highest BCUT2D eigenvalue weighted by Gasteiger charge is 2.56. The molecule has 0 amide bonds. The van der Waals surface area contributed by atoms with Gasteiger partial charge in [0.2, 0.25) is 0 Å². The highest BCUT2D eigenvalue weighted by molar-refractivity contribution is 5.66. The van der Waals surface area contributed by atoms with Gasteiger partial charge in [-0.2, -0.15) is 0 Å². The largest absolute Gasteiger partial charge is 0.457 e. The van der Waals surface area contributed by atoms with Gasteiger partial charge in [0.25, 0.3) is 0 Å². The second-order valence-electron chi connectivity index (χ2n) is 3.15. The van der Waals surface area contributed by atoms with Crippen molar-refractivity contribution in [3.8, 4) is 0 Å². The molecule has 0 aromatic heterocycles. The Morgan fingerprint density at radius 2 is 2.23 bits per heavy atom. The third kappa shape index (κ3) is 1.67. The van der Waals surface area contributed by atoms with Crippen LogP contribution in [0.25, 0.3) is 0 Å². The number of esters is 1. The first-order valence-corrected chi connectivity index (χ1v) is 4.19. The fourth-order valence-corrected chi connectivity index (χ4v) is 1.55. The van der Waals surface area contributed by atoms with Gasteiger partial charge in [0.15, 0.2) is 12.4 Å². The molecule has 0 aromatic rings. The Morgan fingerprint density at radius 1 is 1.46 bits per heavy atom. The summed E-state index contributed by atoms with van der Waals surface area (Å²) in [4.78, 5) is 10.7. The number of epoxide rings is 1. The van der Waals surface area contributed by atoms with Crippen LogP contribution in [0.2, 0.25) is 0 Å². The van der Waals surface area contributed by atoms with Crippen molar-refractivity contribution in [2.75, 3.05) is 13.7 Å². The molecule has 0 bridgehead atoms. The van der Waals surface area contributed by atoms with Gasteiger partial charge in [-0.1, -0.05) is 0 Å². The van der Waals surface area contributed by atoms with Crippen LogP contribution in [-0.2, 0) is 23.7 Å². The molecule has 2 aliphatic heterocycles. The molecule has 4 atom stereocenters. The van der Waals surface area contributed by atoms with E-state index in [0.717, 1.165) is 0 Å². The Bertz CT molecular complexity index is 217. The van der Waals surface area contributed by atoms with Crippen molar-refractivity contribution in [2.24, 2.45) is 0 Å². The second kappa shape index (κ2) is 3.25. The second-order valence-corrected chi connectivity index (χ2v) is 3.15. The van der Waals surface area contributed by atoms with E-state index in [4.69, 9.17) is 18.9 Å². The third-order valence-electron chi connectivity index (χ3n) is 2.17. The zero-order valence-corrected chi connectivity index (χ0v) is 7.56. The van der Waals surface area contributed by atoms with E-state index in [9.17, 15) is 4.79 Å². The highest BCUT2D eigenvalue weighted by Crippen LogP contribution is 2.36. The molecule has 0 radical (unpaired) electrons. The summed E-state index contributed by atoms with van der Waals surface area (Å²) in [5, 5.41) is 0. The fraction of sp³-hybridized carbons (Fsp3) is 0.875. The number of rotatable bonds is 2. The Hall–Kier alpha value is -0.650. The van der Waals surface area contributed by atoms with E-state index in [1.165, 1.54) is 6.92 Å². The van der Waals surface area contributed by atoms with E-state index in [2.05, 4.69) is 0 Å². The van der Waals surface area contributed by atoms with Gasteiger partial charge in [0, 0.05) is 14.0 Å². The van der Waals surface area contributed by atoms with Crippen molar-refractivity contribution in [1.82, 2.24) is 0 Å². The number of methoxy groups -OCH3 is 1. The Labute approximate surface area is 75.9 Å². The van der Waals surface area contributed by atoms with Crippen molar-refractivity contribution >= 4 is 5.97 Å². The molecule has 2 heterocycles. The topological polar surface area (TPSA) is 57.3 Å². The molecule has 2 saturated heterocycles. The average molecular weight is 188 g/mol. The van der Waals surface area contributed by atoms with Crippen molar-refractivity contribution in [2.45, 2.75) is 31.5 Å². The maximum atomic E-state index is 10.7. The van der Waals surface area contributed by atoms with Crippen LogP contribution in [0.1, 0.15) is 6.92 Å². The molecule has 0 spiro atoms. The summed E-state index contributed by atoms with van der Waals surface area (Å²) in [5.74, 6) is -0.307. The van der Waals surface area contributed by atoms with E-state index in [1.807, 2.05) is 0 Å². The molecule has 13 heavy (non-hydrogen) atoms. The molecule has 2 aliphatic rings. The molecule has 5 heteroatoms. The van der Waals surface area contributed by atoms with Gasteiger partial charge in [-0.15, -0.1) is 0 Å². The lowest BCUT2D eigenvalue weighted by Crippen LogP contribution is -2.40. The minimum absolute atomic E-state index is 0.0393. The average Bonchev–Trinajstić information content (AvgIpc) is 2.83. The van der Waals surface area contributed by atoms with Crippen molar-refractivity contribution in [3.05, 3.63) is 0 Å². The molecule has 74 valence electrons. The first-order valence-electron chi connectivity index (χ1n) is 4.19. The first kappa shape index (κ1) is 8.93. The number of carbonyl (C=O) groups is 1. The van der Waals surface area contributed by atoms with Crippen molar-refractivity contribution < 1.29 is 23.7 Å². The minimum atomic E-state index is -0.309. The monoisotopic (exact) mass is 188 g/mol. The molecule has 5 nitrogen and oxygen atoms in total. The zero-order chi connectivity index (χ0) is 9.42. The maximum absolute atomic E-state index is 10.7. The lowest BCUT2D eigenvalue weighted by Gasteiger charge is -2.23. The predicted octanol–water partition coefficient (Wildman–Crippen LogP) is -0.312. The number of ether oxygens (including phenoxy) is 4. The summed E-state index contributed by atoms with van der Waals surface area (Å²) in [6.45, 7) is 1.72. The van der Waals surface area contributed by atoms with Crippen LogP contribution in [0.5, 0.6) is 0 Å². The fourth-order valence-electron chi connectivity index (χ4n) is 1.55. The molecular weight excluding hydrogens is 176 g/mol. The Morgan fingerprint density at radius 3 is 2.85 bits per heavy atom. The van der Waals surface area contributed by atoms with Gasteiger partial charge >= 0.3 is 5.97 Å². The number of hydrogen-bond acceptors (Lipinski definition) is 5. The van der Waals surface area contributed by atoms with Gasteiger partial charge < -0.3 is 18.9 Å². The summed E-state index contributed by atoms with van der Waals surface area (Å²) in [5.41, 5.74) is 0. The number of carbonyl (C=O) groups excluding carboxylic acids is 1. The normalized spacial score (nSPS) is 42.3. The van der Waals surface area contributed by atoms with Crippen molar-refractivity contribution in [3.63, 3.8) is 0 Å². The summed E-state index contributed by atoms with van der Waals surface area (Å²) >= 11 is 0. The van der Waals surface area contributed by atoms with Crippen LogP contribution in [-0.4, -0.2) is 44.3 Å². The smallest absolute Gasteiger partial charge is 0.303 e. The summed E-state index contributed by atoms with van der Waals surface area (Å²) in [7, 11) is 1.57. The number of hydrogen-bond donors (Lipinski definition) is 0. The van der Waals surface area contributed by atoms with E-state index in [-0.39, 0.29) is 30.6 Å². The van der Waals surface area contributed by atoms with Gasteiger partial charge in [-0.05, 0) is 0 Å². The summed E-state index contributed by atoms with van der Waals surface area (Å²) < 4.78 is 20.5. The van der Waals surface area contributed by atoms with Crippen LogP contribution in [0.15, 0.2) is 0 Å². The number of fused-ring (bicyclic) bond motifs is 1. The Balaban J connectivity index is 1.88. The maximum Gasteiger partial charge on any atom is 0.303 e. The standard InChI is InChI=1S/C8H12O5/c1-4(9)12-5-3-11-8(10-2)7-6(5)13-7/h5-8H,3H2,1-2H3/t5-,6-,7-,8-/m1/s1. The highest BCUT2D eigenvalue weighted by atomic mass is 16.7. The Kier molecular flexibility index (Phi) is 2.23. The zero-order valence-electron chi connectivity index (χ0n) is 7.56. The summed E-state index contributed by atoms with van der Waals surface area (Å²) in [6.07, 6.45) is -0.684. The van der Waals surface area contributed by atoms with Gasteiger partial charge in [0.1, 0.15) is 12.2 Å². The van der Waals surface area contributed by atoms with Gasteiger partial charge in [-0.25, -0.2) is 0 Å². The van der Waals surface area contributed by atoms with E-state index < -0.39 is 0 Å². The van der Waals surface area contributed by atoms with Crippen molar-refractivity contribution in [1.29, 1.82) is 0 Å². The molecule has 0 aliphatic carbocycles. The van der Waals surface area contributed by atoms with Gasteiger partial charge in [0.05, 0.1) is 6.61 Å². The molecule has 0 N–H and O–H groups in total. The van der Waals surface area contributed by atoms with Crippen LogP contribution < -0.4 is 0 Å². The molecule has 0 aromatic carbocycles. The van der Waals surface area contributed by atoms with Crippen LogP contribution in [0, 0.1) is 0 Å². The molecule has 2 fully saturated rings. The molecule has 0 unspecified atom stereocenters. The quantitative estimate of drug-likeness (QED) is 0.439. The summed E-state index contributed by atoms with van der Waals surface area (Å²) in [6, 6.07) is 0. The SMILES string of the molecule is CO[C@@H]1OC[C@@H](OC(C)=O)[C@H]2O[C@@H]12. The first-order chi connectivity index (χ1) is 6.22. The van der Waals surface area contributed by atoms with Crippen LogP contribution >= 0.6 is 0 Å². The molecular formula is C8H12O5. The van der Waals surface area contributed by atoms with Crippen LogP contribution in [0.3, 0.4) is 0 Å². The third-order valence-corrected chi connectivity index (χ3v) is 2.17. The molecule has 2 rings (SSSR count). The van der Waals surface area contributed by atoms with E-state index in [1.54, 1.807) is 7.11 Å². The predicted molar refractivity (Wildman–Crippen MR) is 41.0 cm³/mol. The molecule has 0 saturated carbocycles. The minimum Gasteiger partial charge on any atom is -0.457 e. The van der Waals surface area contributed by atoms with E-state index in [0.29, 0.717) is 6.61 Å².